The summed E-state index contributed by atoms with van der Waals surface area (Å²) in [5, 5.41) is 0. The van der Waals surface area contributed by atoms with Gasteiger partial charge in [0, 0.05) is 5.69 Å². The van der Waals surface area contributed by atoms with Crippen LogP contribution in [0.15, 0.2) is 48.5 Å². The van der Waals surface area contributed by atoms with Crippen molar-refractivity contribution in [3.8, 4) is 0 Å². The summed E-state index contributed by atoms with van der Waals surface area (Å²) in [5.74, 6) is -0.0969. The zero-order valence-electron chi connectivity index (χ0n) is 11.8. The Labute approximate surface area is 125 Å². The van der Waals surface area contributed by atoms with Crippen LogP contribution in [0, 0.1) is 13.8 Å². The molecule has 0 aliphatic carbocycles. The molecule has 0 aliphatic rings. The van der Waals surface area contributed by atoms with Gasteiger partial charge in [-0.3, -0.25) is 4.79 Å². The number of amides is 1. The Hall–Kier alpha value is -1.80. The molecule has 0 atom stereocenters. The quantitative estimate of drug-likeness (QED) is 0.776. The van der Waals surface area contributed by atoms with E-state index in [4.69, 9.17) is 11.6 Å². The van der Waals surface area contributed by atoms with E-state index < -0.39 is 0 Å². The van der Waals surface area contributed by atoms with E-state index in [2.05, 4.69) is 13.0 Å². The lowest BCUT2D eigenvalue weighted by Crippen LogP contribution is -2.31. The highest BCUT2D eigenvalue weighted by Crippen LogP contribution is 2.20. The molecule has 0 fully saturated rings. The van der Waals surface area contributed by atoms with Crippen LogP contribution in [0.4, 0.5) is 5.69 Å². The lowest BCUT2D eigenvalue weighted by Gasteiger charge is -2.23. The fourth-order valence-corrected chi connectivity index (χ4v) is 2.29. The van der Waals surface area contributed by atoms with Crippen molar-refractivity contribution in [2.45, 2.75) is 20.4 Å². The molecule has 0 saturated heterocycles. The molecule has 2 aromatic carbocycles. The molecule has 0 radical (unpaired) electrons. The normalized spacial score (nSPS) is 10.3. The van der Waals surface area contributed by atoms with Crippen molar-refractivity contribution < 1.29 is 4.79 Å². The summed E-state index contributed by atoms with van der Waals surface area (Å²) in [5.41, 5.74) is 4.32. The van der Waals surface area contributed by atoms with Gasteiger partial charge in [-0.05, 0) is 42.7 Å². The van der Waals surface area contributed by atoms with Crippen molar-refractivity contribution in [3.05, 3.63) is 65.2 Å². The van der Waals surface area contributed by atoms with Gasteiger partial charge in [-0.15, -0.1) is 11.6 Å². The number of benzene rings is 2. The second-order valence-corrected chi connectivity index (χ2v) is 5.15. The number of carbonyl (C=O) groups is 1. The third kappa shape index (κ3) is 3.40. The van der Waals surface area contributed by atoms with Gasteiger partial charge in [0.25, 0.3) is 0 Å². The number of carbonyl (C=O) groups excluding carboxylic acids is 1. The minimum atomic E-state index is -0.0829. The molecule has 20 heavy (non-hydrogen) atoms. The predicted molar refractivity (Wildman–Crippen MR) is 84.3 cm³/mol. The van der Waals surface area contributed by atoms with Gasteiger partial charge in [0.1, 0.15) is 5.88 Å². The van der Waals surface area contributed by atoms with E-state index in [0.717, 1.165) is 16.8 Å². The number of alkyl halides is 1. The molecule has 0 bridgehead atoms. The number of halogens is 1. The van der Waals surface area contributed by atoms with E-state index in [0.29, 0.717) is 6.54 Å². The smallest absolute Gasteiger partial charge is 0.242 e. The molecule has 0 heterocycles. The van der Waals surface area contributed by atoms with E-state index in [1.54, 1.807) is 4.90 Å². The molecule has 2 aromatic rings. The SMILES string of the molecule is Cc1cccc(N(Cc2ccccc2C)C(=O)CCl)c1. The first-order valence-corrected chi connectivity index (χ1v) is 7.13. The predicted octanol–water partition coefficient (Wildman–Crippen LogP) is 4.08. The van der Waals surface area contributed by atoms with Crippen LogP contribution >= 0.6 is 11.6 Å². The first-order chi connectivity index (χ1) is 9.61. The van der Waals surface area contributed by atoms with Gasteiger partial charge in [0.05, 0.1) is 6.54 Å². The van der Waals surface area contributed by atoms with E-state index in [9.17, 15) is 4.79 Å². The van der Waals surface area contributed by atoms with Gasteiger partial charge in [-0.25, -0.2) is 0 Å². The van der Waals surface area contributed by atoms with Crippen LogP contribution in [-0.2, 0) is 11.3 Å². The molecule has 0 saturated carbocycles. The van der Waals surface area contributed by atoms with Gasteiger partial charge in [-0.2, -0.15) is 0 Å². The molecule has 2 rings (SSSR count). The van der Waals surface area contributed by atoms with Crippen LogP contribution in [0.3, 0.4) is 0 Å². The largest absolute Gasteiger partial charge is 0.307 e. The Balaban J connectivity index is 2.34. The minimum absolute atomic E-state index is 0.0141. The molecule has 0 aliphatic heterocycles. The van der Waals surface area contributed by atoms with Crippen LogP contribution < -0.4 is 4.90 Å². The number of hydrogen-bond donors (Lipinski definition) is 0. The lowest BCUT2D eigenvalue weighted by atomic mass is 10.1. The van der Waals surface area contributed by atoms with Gasteiger partial charge in [0.2, 0.25) is 5.91 Å². The van der Waals surface area contributed by atoms with Crippen molar-refractivity contribution in [3.63, 3.8) is 0 Å². The molecular formula is C17H18ClNO. The lowest BCUT2D eigenvalue weighted by molar-refractivity contribution is -0.116. The van der Waals surface area contributed by atoms with Gasteiger partial charge < -0.3 is 4.90 Å². The highest BCUT2D eigenvalue weighted by molar-refractivity contribution is 6.29. The average Bonchev–Trinajstić information content (AvgIpc) is 2.45. The average molecular weight is 288 g/mol. The first-order valence-electron chi connectivity index (χ1n) is 6.59. The molecule has 0 aromatic heterocycles. The van der Waals surface area contributed by atoms with Crippen LogP contribution in [0.2, 0.25) is 0 Å². The van der Waals surface area contributed by atoms with Crippen molar-refractivity contribution in [2.24, 2.45) is 0 Å². The number of rotatable bonds is 4. The first kappa shape index (κ1) is 14.6. The summed E-state index contributed by atoms with van der Waals surface area (Å²) in [6, 6.07) is 16.0. The summed E-state index contributed by atoms with van der Waals surface area (Å²) in [6.07, 6.45) is 0. The van der Waals surface area contributed by atoms with Crippen LogP contribution in [0.25, 0.3) is 0 Å². The number of anilines is 1. The van der Waals surface area contributed by atoms with Crippen LogP contribution in [0.1, 0.15) is 16.7 Å². The fourth-order valence-electron chi connectivity index (χ4n) is 2.15. The van der Waals surface area contributed by atoms with E-state index >= 15 is 0 Å². The van der Waals surface area contributed by atoms with Gasteiger partial charge in [-0.1, -0.05) is 36.4 Å². The second kappa shape index (κ2) is 6.58. The number of nitrogens with zero attached hydrogens (tertiary/aromatic N) is 1. The third-order valence-corrected chi connectivity index (χ3v) is 3.55. The minimum Gasteiger partial charge on any atom is -0.307 e. The summed E-state index contributed by atoms with van der Waals surface area (Å²) in [6.45, 7) is 4.61. The molecule has 2 nitrogen and oxygen atoms in total. The zero-order chi connectivity index (χ0) is 14.5. The topological polar surface area (TPSA) is 20.3 Å². The Kier molecular flexibility index (Phi) is 4.80. The molecule has 0 spiro atoms. The van der Waals surface area contributed by atoms with E-state index in [-0.39, 0.29) is 11.8 Å². The van der Waals surface area contributed by atoms with Crippen molar-refractivity contribution in [2.75, 3.05) is 10.8 Å². The summed E-state index contributed by atoms with van der Waals surface area (Å²) < 4.78 is 0. The molecular weight excluding hydrogens is 270 g/mol. The molecule has 3 heteroatoms. The Morgan fingerprint density at radius 3 is 2.50 bits per heavy atom. The Morgan fingerprint density at radius 1 is 1.10 bits per heavy atom. The maximum atomic E-state index is 12.1. The fraction of sp³-hybridized carbons (Fsp3) is 0.235. The number of aryl methyl sites for hydroxylation is 2. The second-order valence-electron chi connectivity index (χ2n) is 4.88. The van der Waals surface area contributed by atoms with Gasteiger partial charge >= 0.3 is 0 Å². The standard InChI is InChI=1S/C17H18ClNO/c1-13-6-5-9-16(10-13)19(17(20)11-18)12-15-8-4-3-7-14(15)2/h3-10H,11-12H2,1-2H3. The van der Waals surface area contributed by atoms with Crippen LogP contribution in [0.5, 0.6) is 0 Å². The van der Waals surface area contributed by atoms with Crippen molar-refractivity contribution in [1.82, 2.24) is 0 Å². The Morgan fingerprint density at radius 2 is 1.85 bits per heavy atom. The highest BCUT2D eigenvalue weighted by Gasteiger charge is 2.16. The third-order valence-electron chi connectivity index (χ3n) is 3.32. The van der Waals surface area contributed by atoms with Crippen molar-refractivity contribution >= 4 is 23.2 Å². The highest BCUT2D eigenvalue weighted by atomic mass is 35.5. The summed E-state index contributed by atoms with van der Waals surface area (Å²) in [7, 11) is 0. The maximum absolute atomic E-state index is 12.1. The monoisotopic (exact) mass is 287 g/mol. The summed E-state index contributed by atoms with van der Waals surface area (Å²) >= 11 is 5.75. The Bertz CT molecular complexity index is 609. The van der Waals surface area contributed by atoms with Crippen molar-refractivity contribution in [1.29, 1.82) is 0 Å². The zero-order valence-corrected chi connectivity index (χ0v) is 12.5. The molecule has 0 unspecified atom stereocenters. The number of hydrogen-bond acceptors (Lipinski definition) is 1. The molecule has 0 N–H and O–H groups in total. The van der Waals surface area contributed by atoms with Gasteiger partial charge in [0.15, 0.2) is 0 Å². The molecule has 1 amide bonds. The molecule has 104 valence electrons. The summed E-state index contributed by atoms with van der Waals surface area (Å²) in [4.78, 5) is 13.9. The maximum Gasteiger partial charge on any atom is 0.242 e. The van der Waals surface area contributed by atoms with E-state index in [1.165, 1.54) is 5.56 Å². The van der Waals surface area contributed by atoms with Crippen LogP contribution in [-0.4, -0.2) is 11.8 Å². The van der Waals surface area contributed by atoms with E-state index in [1.807, 2.05) is 49.4 Å².